The fourth-order valence-electron chi connectivity index (χ4n) is 3.75. The topological polar surface area (TPSA) is 123 Å². The van der Waals surface area contributed by atoms with E-state index in [4.69, 9.17) is 5.53 Å². The smallest absolute Gasteiger partial charge is 0.252 e. The van der Waals surface area contributed by atoms with Crippen LogP contribution in [0, 0.1) is 11.6 Å². The number of amides is 1. The average Bonchev–Trinajstić information content (AvgIpc) is 3.34. The fourth-order valence-corrected chi connectivity index (χ4v) is 3.75. The number of aliphatic hydroxyl groups is 1. The van der Waals surface area contributed by atoms with Crippen molar-refractivity contribution in [2.24, 2.45) is 10.1 Å². The molecule has 2 N–H and O–H groups in total. The number of halogens is 2. The molecule has 0 saturated heterocycles. The maximum atomic E-state index is 14.9. The van der Waals surface area contributed by atoms with Crippen LogP contribution in [0.2, 0.25) is 0 Å². The first kappa shape index (κ1) is 23.7. The van der Waals surface area contributed by atoms with Crippen molar-refractivity contribution in [2.45, 2.75) is 12.5 Å². The Hall–Kier alpha value is -4.40. The lowest BCUT2D eigenvalue weighted by Crippen LogP contribution is -2.40. The molecular weight excluding hydrogens is 454 g/mol. The van der Waals surface area contributed by atoms with E-state index in [9.17, 15) is 18.7 Å². The third kappa shape index (κ3) is 5.57. The zero-order chi connectivity index (χ0) is 24.8. The standard InChI is InChI=1S/C25H20F2N6O2/c26-17-9-7-15(8-10-17)16-11-22(29-13-16)24-20(4-2-5-21(24)27)25(35)31-19(14-34)12-18-3-1-6-23(30-18)32-33-28/h1-11,19,34H,12-14H2,(H,31,35)/t19-/m1/s1. The van der Waals surface area contributed by atoms with Crippen LogP contribution in [-0.4, -0.2) is 40.9 Å². The molecule has 1 amide bonds. The monoisotopic (exact) mass is 474 g/mol. The highest BCUT2D eigenvalue weighted by Crippen LogP contribution is 2.25. The Labute approximate surface area is 199 Å². The highest BCUT2D eigenvalue weighted by molar-refractivity contribution is 6.19. The number of azide groups is 1. The largest absolute Gasteiger partial charge is 0.394 e. The van der Waals surface area contributed by atoms with Crippen LogP contribution < -0.4 is 5.32 Å². The fraction of sp³-hybridized carbons (Fsp3) is 0.160. The van der Waals surface area contributed by atoms with Gasteiger partial charge in [0.25, 0.3) is 5.91 Å². The number of carbonyl (C=O) groups is 1. The molecule has 1 atom stereocenters. The van der Waals surface area contributed by atoms with Crippen molar-refractivity contribution in [1.82, 2.24) is 10.3 Å². The molecule has 4 rings (SSSR count). The van der Waals surface area contributed by atoms with Crippen molar-refractivity contribution in [1.29, 1.82) is 0 Å². The van der Waals surface area contributed by atoms with E-state index in [1.807, 2.05) is 0 Å². The Kier molecular flexibility index (Phi) is 7.25. The second-order valence-electron chi connectivity index (χ2n) is 7.77. The van der Waals surface area contributed by atoms with Crippen LogP contribution in [0.15, 0.2) is 76.8 Å². The SMILES string of the molecule is [N-]=[N+]=Nc1cccc(C[C@H](CO)NC(=O)c2cccc(F)c2C2=NCC(c3ccc(F)cc3)=C2)n1. The molecule has 0 unspecified atom stereocenters. The summed E-state index contributed by atoms with van der Waals surface area (Å²) in [4.78, 5) is 24.4. The molecule has 0 fully saturated rings. The van der Waals surface area contributed by atoms with E-state index in [2.05, 4.69) is 25.3 Å². The molecule has 176 valence electrons. The van der Waals surface area contributed by atoms with Crippen molar-refractivity contribution in [3.63, 3.8) is 0 Å². The van der Waals surface area contributed by atoms with Crippen LogP contribution in [0.25, 0.3) is 16.0 Å². The van der Waals surface area contributed by atoms with Gasteiger partial charge in [-0.3, -0.25) is 14.8 Å². The Bertz CT molecular complexity index is 1360. The lowest BCUT2D eigenvalue weighted by atomic mass is 9.99. The van der Waals surface area contributed by atoms with E-state index < -0.39 is 17.8 Å². The van der Waals surface area contributed by atoms with Gasteiger partial charge in [0, 0.05) is 22.6 Å². The number of aliphatic imine (C=N–C) groups is 1. The molecule has 1 aliphatic rings. The summed E-state index contributed by atoms with van der Waals surface area (Å²) < 4.78 is 28.1. The molecular formula is C25H20F2N6O2. The van der Waals surface area contributed by atoms with E-state index in [0.717, 1.165) is 11.1 Å². The quantitative estimate of drug-likeness (QED) is 0.283. The predicted molar refractivity (Wildman–Crippen MR) is 127 cm³/mol. The molecule has 0 bridgehead atoms. The summed E-state index contributed by atoms with van der Waals surface area (Å²) in [7, 11) is 0. The third-order valence-electron chi connectivity index (χ3n) is 5.41. The molecule has 0 radical (unpaired) electrons. The summed E-state index contributed by atoms with van der Waals surface area (Å²) in [6, 6.07) is 14.2. The Morgan fingerprint density at radius 2 is 1.91 bits per heavy atom. The number of nitrogens with zero attached hydrogens (tertiary/aromatic N) is 5. The molecule has 1 aromatic heterocycles. The molecule has 2 heterocycles. The van der Waals surface area contributed by atoms with Gasteiger partial charge in [0.1, 0.15) is 17.5 Å². The van der Waals surface area contributed by atoms with Crippen LogP contribution in [0.4, 0.5) is 14.6 Å². The third-order valence-corrected chi connectivity index (χ3v) is 5.41. The summed E-state index contributed by atoms with van der Waals surface area (Å²) >= 11 is 0. The Morgan fingerprint density at radius 1 is 1.14 bits per heavy atom. The number of nitrogens with one attached hydrogen (secondary N) is 1. The van der Waals surface area contributed by atoms with Crippen LogP contribution in [0.1, 0.15) is 27.2 Å². The van der Waals surface area contributed by atoms with Crippen molar-refractivity contribution in [3.05, 3.63) is 111 Å². The maximum Gasteiger partial charge on any atom is 0.252 e. The minimum Gasteiger partial charge on any atom is -0.394 e. The van der Waals surface area contributed by atoms with E-state index in [-0.39, 0.29) is 42.3 Å². The van der Waals surface area contributed by atoms with Gasteiger partial charge in [0.15, 0.2) is 0 Å². The zero-order valence-corrected chi connectivity index (χ0v) is 18.4. The maximum absolute atomic E-state index is 14.9. The molecule has 0 saturated carbocycles. The minimum absolute atomic E-state index is 0.0438. The van der Waals surface area contributed by atoms with Crippen molar-refractivity contribution in [2.75, 3.05) is 13.2 Å². The molecule has 0 spiro atoms. The first-order valence-electron chi connectivity index (χ1n) is 10.7. The first-order chi connectivity index (χ1) is 17.0. The van der Waals surface area contributed by atoms with E-state index in [0.29, 0.717) is 11.4 Å². The van der Waals surface area contributed by atoms with Crippen LogP contribution in [-0.2, 0) is 6.42 Å². The average molecular weight is 474 g/mol. The molecule has 35 heavy (non-hydrogen) atoms. The number of rotatable bonds is 8. The van der Waals surface area contributed by atoms with E-state index in [1.165, 1.54) is 36.4 Å². The lowest BCUT2D eigenvalue weighted by Gasteiger charge is -2.18. The normalized spacial score (nSPS) is 13.5. The number of carbonyl (C=O) groups excluding carboxylic acids is 1. The number of aliphatic hydroxyl groups excluding tert-OH is 1. The Balaban J connectivity index is 1.56. The Morgan fingerprint density at radius 3 is 2.66 bits per heavy atom. The number of allylic oxidation sites excluding steroid dienone is 1. The summed E-state index contributed by atoms with van der Waals surface area (Å²) in [6.45, 7) is -0.123. The molecule has 8 nitrogen and oxygen atoms in total. The van der Waals surface area contributed by atoms with Gasteiger partial charge in [0.2, 0.25) is 0 Å². The molecule has 3 aromatic rings. The van der Waals surface area contributed by atoms with Crippen molar-refractivity contribution < 1.29 is 18.7 Å². The number of hydrogen-bond donors (Lipinski definition) is 2. The van der Waals surface area contributed by atoms with Gasteiger partial charge in [-0.25, -0.2) is 8.78 Å². The van der Waals surface area contributed by atoms with Crippen molar-refractivity contribution >= 4 is 23.0 Å². The van der Waals surface area contributed by atoms with Gasteiger partial charge < -0.3 is 10.4 Å². The second kappa shape index (κ2) is 10.7. The lowest BCUT2D eigenvalue weighted by molar-refractivity contribution is 0.0915. The molecule has 10 heteroatoms. The van der Waals surface area contributed by atoms with Gasteiger partial charge in [0.05, 0.1) is 30.5 Å². The molecule has 2 aromatic carbocycles. The summed E-state index contributed by atoms with van der Waals surface area (Å²) in [5, 5.41) is 16.0. The van der Waals surface area contributed by atoms with Crippen LogP contribution in [0.3, 0.4) is 0 Å². The zero-order valence-electron chi connectivity index (χ0n) is 18.4. The number of benzene rings is 2. The van der Waals surface area contributed by atoms with Gasteiger partial charge in [-0.15, -0.1) is 0 Å². The van der Waals surface area contributed by atoms with E-state index in [1.54, 1.807) is 30.3 Å². The minimum atomic E-state index is -0.719. The van der Waals surface area contributed by atoms with Gasteiger partial charge >= 0.3 is 0 Å². The van der Waals surface area contributed by atoms with Crippen LogP contribution >= 0.6 is 0 Å². The number of hydrogen-bond acceptors (Lipinski definition) is 5. The molecule has 0 aliphatic carbocycles. The second-order valence-corrected chi connectivity index (χ2v) is 7.77. The van der Waals surface area contributed by atoms with Crippen LogP contribution in [0.5, 0.6) is 0 Å². The van der Waals surface area contributed by atoms with Crippen molar-refractivity contribution in [3.8, 4) is 0 Å². The van der Waals surface area contributed by atoms with Gasteiger partial charge in [-0.2, -0.15) is 0 Å². The first-order valence-corrected chi connectivity index (χ1v) is 10.7. The summed E-state index contributed by atoms with van der Waals surface area (Å²) in [5.41, 5.74) is 11.0. The summed E-state index contributed by atoms with van der Waals surface area (Å²) in [6.07, 6.45) is 1.84. The molecule has 1 aliphatic heterocycles. The number of pyridine rings is 1. The summed E-state index contributed by atoms with van der Waals surface area (Å²) in [5.74, 6) is -1.39. The van der Waals surface area contributed by atoms with E-state index >= 15 is 0 Å². The highest BCUT2D eigenvalue weighted by atomic mass is 19.1. The van der Waals surface area contributed by atoms with Gasteiger partial charge in [-0.1, -0.05) is 24.3 Å². The van der Waals surface area contributed by atoms with Gasteiger partial charge in [-0.05, 0) is 64.3 Å². The number of aromatic nitrogens is 1. The predicted octanol–water partition coefficient (Wildman–Crippen LogP) is 4.52. The highest BCUT2D eigenvalue weighted by Gasteiger charge is 2.23.